The van der Waals surface area contributed by atoms with Gasteiger partial charge < -0.3 is 5.11 Å². The number of halogens is 1. The number of aryl methyl sites for hydroxylation is 1. The summed E-state index contributed by atoms with van der Waals surface area (Å²) in [7, 11) is 0. The van der Waals surface area contributed by atoms with Crippen LogP contribution in [0.4, 0.5) is 4.39 Å². The molecule has 2 rings (SSSR count). The fourth-order valence-corrected chi connectivity index (χ4v) is 1.75. The summed E-state index contributed by atoms with van der Waals surface area (Å²) >= 11 is 0. The maximum Gasteiger partial charge on any atom is 0.139 e. The number of nitrogens with zero attached hydrogens (tertiary/aromatic N) is 2. The van der Waals surface area contributed by atoms with Crippen molar-refractivity contribution < 1.29 is 9.50 Å². The number of rotatable bonds is 2. The van der Waals surface area contributed by atoms with Gasteiger partial charge >= 0.3 is 0 Å². The van der Waals surface area contributed by atoms with Crippen molar-refractivity contribution in [3.8, 4) is 0 Å². The van der Waals surface area contributed by atoms with Crippen LogP contribution in [0.1, 0.15) is 30.8 Å². The summed E-state index contributed by atoms with van der Waals surface area (Å²) in [6, 6.07) is 2.97. The van der Waals surface area contributed by atoms with Gasteiger partial charge in [0.15, 0.2) is 0 Å². The van der Waals surface area contributed by atoms with Gasteiger partial charge in [-0.25, -0.2) is 9.37 Å². The molecule has 0 fully saturated rings. The van der Waals surface area contributed by atoms with E-state index in [9.17, 15) is 9.50 Å². The topological polar surface area (TPSA) is 37.5 Å². The molecule has 0 bridgehead atoms. The minimum Gasteiger partial charge on any atom is -0.387 e. The third-order valence-electron chi connectivity index (χ3n) is 2.51. The molecule has 0 radical (unpaired) electrons. The molecule has 0 saturated heterocycles. The van der Waals surface area contributed by atoms with Crippen LogP contribution in [0.3, 0.4) is 0 Å². The normalized spacial score (nSPS) is 13.3. The molecule has 1 unspecified atom stereocenters. The van der Waals surface area contributed by atoms with Crippen molar-refractivity contribution in [2.24, 2.45) is 0 Å². The zero-order valence-electron chi connectivity index (χ0n) is 8.74. The summed E-state index contributed by atoms with van der Waals surface area (Å²) in [4.78, 5) is 4.26. The molecule has 1 atom stereocenters. The lowest BCUT2D eigenvalue weighted by Crippen LogP contribution is -2.02. The Hall–Kier alpha value is -1.42. The largest absolute Gasteiger partial charge is 0.387 e. The van der Waals surface area contributed by atoms with E-state index in [1.807, 2.05) is 13.8 Å². The molecule has 0 saturated carbocycles. The summed E-state index contributed by atoms with van der Waals surface area (Å²) in [6.45, 7) is 3.70. The van der Waals surface area contributed by atoms with E-state index in [4.69, 9.17) is 0 Å². The van der Waals surface area contributed by atoms with Crippen LogP contribution < -0.4 is 0 Å². The van der Waals surface area contributed by atoms with E-state index in [-0.39, 0.29) is 5.82 Å². The summed E-state index contributed by atoms with van der Waals surface area (Å²) < 4.78 is 14.7. The van der Waals surface area contributed by atoms with Gasteiger partial charge in [0.2, 0.25) is 0 Å². The number of imidazole rings is 1. The van der Waals surface area contributed by atoms with Crippen molar-refractivity contribution in [1.82, 2.24) is 9.38 Å². The van der Waals surface area contributed by atoms with Gasteiger partial charge in [-0.05, 0) is 25.5 Å². The van der Waals surface area contributed by atoms with E-state index in [1.165, 1.54) is 12.3 Å². The molecule has 2 aromatic rings. The first-order valence-electron chi connectivity index (χ1n) is 4.95. The lowest BCUT2D eigenvalue weighted by atomic mass is 10.2. The highest BCUT2D eigenvalue weighted by molar-refractivity contribution is 5.43. The molecular formula is C11H13FN2O. The maximum absolute atomic E-state index is 13.1. The number of aliphatic hydroxyl groups excluding tert-OH is 1. The monoisotopic (exact) mass is 208 g/mol. The van der Waals surface area contributed by atoms with E-state index in [1.54, 1.807) is 10.5 Å². The fraction of sp³-hybridized carbons (Fsp3) is 0.364. The summed E-state index contributed by atoms with van der Waals surface area (Å²) in [5.41, 5.74) is 2.08. The zero-order valence-corrected chi connectivity index (χ0v) is 8.74. The van der Waals surface area contributed by atoms with Crippen LogP contribution in [-0.2, 0) is 0 Å². The van der Waals surface area contributed by atoms with Crippen molar-refractivity contribution in [3.63, 3.8) is 0 Å². The van der Waals surface area contributed by atoms with Crippen LogP contribution >= 0.6 is 0 Å². The van der Waals surface area contributed by atoms with Crippen molar-refractivity contribution in [1.29, 1.82) is 0 Å². The second-order valence-corrected chi connectivity index (χ2v) is 3.58. The van der Waals surface area contributed by atoms with E-state index < -0.39 is 6.10 Å². The number of pyridine rings is 1. The molecule has 0 aromatic carbocycles. The van der Waals surface area contributed by atoms with E-state index in [2.05, 4.69) is 4.98 Å². The van der Waals surface area contributed by atoms with Gasteiger partial charge in [0, 0.05) is 6.20 Å². The predicted octanol–water partition coefficient (Wildman–Crippen LogP) is 2.23. The molecule has 80 valence electrons. The average molecular weight is 208 g/mol. The first-order valence-corrected chi connectivity index (χ1v) is 4.95. The van der Waals surface area contributed by atoms with Crippen LogP contribution in [0.5, 0.6) is 0 Å². The SMILES string of the molecule is CCC(O)c1c(C)nc2ccc(F)cn12. The Morgan fingerprint density at radius 2 is 2.27 bits per heavy atom. The molecular weight excluding hydrogens is 195 g/mol. The molecule has 0 aliphatic carbocycles. The van der Waals surface area contributed by atoms with Gasteiger partial charge in [0.25, 0.3) is 0 Å². The molecule has 15 heavy (non-hydrogen) atoms. The van der Waals surface area contributed by atoms with Crippen LogP contribution in [0.2, 0.25) is 0 Å². The first kappa shape index (κ1) is 10.1. The zero-order chi connectivity index (χ0) is 11.0. The van der Waals surface area contributed by atoms with Crippen molar-refractivity contribution in [2.75, 3.05) is 0 Å². The molecule has 0 spiro atoms. The maximum atomic E-state index is 13.1. The van der Waals surface area contributed by atoms with Crippen LogP contribution in [0.15, 0.2) is 18.3 Å². The molecule has 2 heterocycles. The summed E-state index contributed by atoms with van der Waals surface area (Å²) in [6.07, 6.45) is 1.34. The lowest BCUT2D eigenvalue weighted by molar-refractivity contribution is 0.167. The molecule has 3 nitrogen and oxygen atoms in total. The number of aliphatic hydroxyl groups is 1. The Balaban J connectivity index is 2.70. The highest BCUT2D eigenvalue weighted by Crippen LogP contribution is 2.22. The van der Waals surface area contributed by atoms with Crippen LogP contribution in [-0.4, -0.2) is 14.5 Å². The summed E-state index contributed by atoms with van der Waals surface area (Å²) in [5.74, 6) is -0.329. The number of aromatic nitrogens is 2. The Labute approximate surface area is 87.2 Å². The third kappa shape index (κ3) is 1.61. The Morgan fingerprint density at radius 1 is 1.53 bits per heavy atom. The summed E-state index contributed by atoms with van der Waals surface area (Å²) in [5, 5.41) is 9.80. The van der Waals surface area contributed by atoms with Crippen molar-refractivity contribution >= 4 is 5.65 Å². The Bertz CT molecular complexity index is 493. The Morgan fingerprint density at radius 3 is 2.93 bits per heavy atom. The number of hydrogen-bond acceptors (Lipinski definition) is 2. The van der Waals surface area contributed by atoms with E-state index >= 15 is 0 Å². The molecule has 1 N–H and O–H groups in total. The smallest absolute Gasteiger partial charge is 0.139 e. The van der Waals surface area contributed by atoms with Gasteiger partial charge in [-0.2, -0.15) is 0 Å². The third-order valence-corrected chi connectivity index (χ3v) is 2.51. The lowest BCUT2D eigenvalue weighted by Gasteiger charge is -2.08. The molecule has 2 aromatic heterocycles. The second kappa shape index (κ2) is 3.62. The van der Waals surface area contributed by atoms with Gasteiger partial charge in [-0.1, -0.05) is 6.92 Å². The fourth-order valence-electron chi connectivity index (χ4n) is 1.75. The van der Waals surface area contributed by atoms with Gasteiger partial charge in [0.1, 0.15) is 11.5 Å². The Kier molecular flexibility index (Phi) is 2.44. The van der Waals surface area contributed by atoms with Crippen LogP contribution in [0, 0.1) is 12.7 Å². The van der Waals surface area contributed by atoms with Crippen LogP contribution in [0.25, 0.3) is 5.65 Å². The standard InChI is InChI=1S/C11H13FN2O/c1-3-9(15)11-7(2)13-10-5-4-8(12)6-14(10)11/h4-6,9,15H,3H2,1-2H3. The highest BCUT2D eigenvalue weighted by atomic mass is 19.1. The van der Waals surface area contributed by atoms with Crippen molar-refractivity contribution in [3.05, 3.63) is 35.5 Å². The van der Waals surface area contributed by atoms with Gasteiger partial charge in [-0.15, -0.1) is 0 Å². The highest BCUT2D eigenvalue weighted by Gasteiger charge is 2.15. The molecule has 0 amide bonds. The molecule has 4 heteroatoms. The van der Waals surface area contributed by atoms with E-state index in [0.29, 0.717) is 17.8 Å². The second-order valence-electron chi connectivity index (χ2n) is 3.58. The molecule has 0 aliphatic heterocycles. The first-order chi connectivity index (χ1) is 7.13. The minimum absolute atomic E-state index is 0.329. The average Bonchev–Trinajstić information content (AvgIpc) is 2.52. The predicted molar refractivity (Wildman–Crippen MR) is 55.1 cm³/mol. The minimum atomic E-state index is -0.596. The quantitative estimate of drug-likeness (QED) is 0.821. The van der Waals surface area contributed by atoms with E-state index in [0.717, 1.165) is 5.69 Å². The van der Waals surface area contributed by atoms with Crippen molar-refractivity contribution in [2.45, 2.75) is 26.4 Å². The van der Waals surface area contributed by atoms with Gasteiger partial charge in [0.05, 0.1) is 17.5 Å². The number of fused-ring (bicyclic) bond motifs is 1. The van der Waals surface area contributed by atoms with Gasteiger partial charge in [-0.3, -0.25) is 4.40 Å². The molecule has 0 aliphatic rings. The number of hydrogen-bond donors (Lipinski definition) is 1.